The van der Waals surface area contributed by atoms with E-state index in [0.29, 0.717) is 24.6 Å². The fraction of sp³-hybridized carbons (Fsp3) is 0.429. The highest BCUT2D eigenvalue weighted by Crippen LogP contribution is 2.04. The van der Waals surface area contributed by atoms with Gasteiger partial charge in [0.25, 0.3) is 0 Å². The van der Waals surface area contributed by atoms with E-state index in [1.165, 1.54) is 6.33 Å². The maximum atomic E-state index is 10.6. The molecule has 5 N–H and O–H groups in total. The van der Waals surface area contributed by atoms with Gasteiger partial charge in [0.15, 0.2) is 0 Å². The van der Waals surface area contributed by atoms with Gasteiger partial charge in [-0.1, -0.05) is 0 Å². The topological polar surface area (TPSA) is 124 Å². The van der Waals surface area contributed by atoms with Gasteiger partial charge in [0.1, 0.15) is 18.0 Å². The highest BCUT2D eigenvalue weighted by atomic mass is 32.2. The zero-order valence-corrected chi connectivity index (χ0v) is 8.87. The van der Waals surface area contributed by atoms with Crippen molar-refractivity contribution in [2.45, 2.75) is 6.42 Å². The van der Waals surface area contributed by atoms with Crippen molar-refractivity contribution in [2.75, 3.05) is 23.3 Å². The number of nitrogens with one attached hydrogen (secondary N) is 1. The monoisotopic (exact) mass is 231 g/mol. The van der Waals surface area contributed by atoms with E-state index in [9.17, 15) is 8.42 Å². The molecule has 0 aliphatic heterocycles. The van der Waals surface area contributed by atoms with Gasteiger partial charge in [-0.15, -0.1) is 0 Å². The fourth-order valence-electron chi connectivity index (χ4n) is 0.959. The van der Waals surface area contributed by atoms with Gasteiger partial charge in [-0.05, 0) is 6.42 Å². The first-order chi connectivity index (χ1) is 6.97. The molecule has 1 rings (SSSR count). The Bertz CT molecular complexity index is 419. The molecule has 0 saturated heterocycles. The van der Waals surface area contributed by atoms with E-state index in [1.807, 2.05) is 0 Å². The molecule has 0 saturated carbocycles. The number of aromatic nitrogens is 2. The lowest BCUT2D eigenvalue weighted by Crippen LogP contribution is -2.18. The summed E-state index contributed by atoms with van der Waals surface area (Å²) in [5.74, 6) is 0.872. The Labute approximate surface area is 88.0 Å². The molecule has 0 aliphatic carbocycles. The Morgan fingerprint density at radius 2 is 2.13 bits per heavy atom. The summed E-state index contributed by atoms with van der Waals surface area (Å²) in [4.78, 5) is 7.61. The van der Waals surface area contributed by atoms with Crippen LogP contribution in [-0.2, 0) is 10.0 Å². The second-order valence-electron chi connectivity index (χ2n) is 2.98. The molecule has 0 unspecified atom stereocenters. The van der Waals surface area contributed by atoms with Gasteiger partial charge in [-0.3, -0.25) is 0 Å². The molecule has 0 bridgehead atoms. The SMILES string of the molecule is Nc1cc(NCCCS(N)(=O)=O)ncn1. The van der Waals surface area contributed by atoms with Crippen LogP contribution in [0.1, 0.15) is 6.42 Å². The van der Waals surface area contributed by atoms with E-state index < -0.39 is 10.0 Å². The van der Waals surface area contributed by atoms with Crippen LogP contribution in [0.25, 0.3) is 0 Å². The maximum absolute atomic E-state index is 10.6. The van der Waals surface area contributed by atoms with Crippen molar-refractivity contribution in [1.29, 1.82) is 0 Å². The number of nitrogens with two attached hydrogens (primary N) is 2. The van der Waals surface area contributed by atoms with Crippen LogP contribution >= 0.6 is 0 Å². The van der Waals surface area contributed by atoms with Gasteiger partial charge >= 0.3 is 0 Å². The van der Waals surface area contributed by atoms with Crippen LogP contribution in [0.2, 0.25) is 0 Å². The molecule has 1 aromatic rings. The lowest BCUT2D eigenvalue weighted by Gasteiger charge is -2.04. The van der Waals surface area contributed by atoms with Crippen molar-refractivity contribution in [3.63, 3.8) is 0 Å². The summed E-state index contributed by atoms with van der Waals surface area (Å²) in [5.41, 5.74) is 5.43. The van der Waals surface area contributed by atoms with Crippen LogP contribution in [0.4, 0.5) is 11.6 Å². The van der Waals surface area contributed by atoms with Gasteiger partial charge < -0.3 is 11.1 Å². The van der Waals surface area contributed by atoms with Crippen LogP contribution in [-0.4, -0.2) is 30.7 Å². The summed E-state index contributed by atoms with van der Waals surface area (Å²) in [6.07, 6.45) is 1.75. The van der Waals surface area contributed by atoms with Crippen molar-refractivity contribution < 1.29 is 8.42 Å². The summed E-state index contributed by atoms with van der Waals surface area (Å²) in [6, 6.07) is 1.57. The van der Waals surface area contributed by atoms with Gasteiger partial charge in [-0.25, -0.2) is 23.5 Å². The van der Waals surface area contributed by atoms with Crippen LogP contribution in [0.15, 0.2) is 12.4 Å². The normalized spacial score (nSPS) is 11.3. The van der Waals surface area contributed by atoms with Crippen LogP contribution < -0.4 is 16.2 Å². The van der Waals surface area contributed by atoms with Crippen molar-refractivity contribution in [1.82, 2.24) is 9.97 Å². The van der Waals surface area contributed by atoms with Crippen molar-refractivity contribution in [3.05, 3.63) is 12.4 Å². The first-order valence-electron chi connectivity index (χ1n) is 4.29. The summed E-state index contributed by atoms with van der Waals surface area (Å²) < 4.78 is 21.2. The largest absolute Gasteiger partial charge is 0.384 e. The third kappa shape index (κ3) is 5.13. The highest BCUT2D eigenvalue weighted by Gasteiger charge is 2.01. The molecule has 84 valence electrons. The molecular weight excluding hydrogens is 218 g/mol. The number of hydrogen-bond acceptors (Lipinski definition) is 6. The predicted octanol–water partition coefficient (Wildman–Crippen LogP) is -0.851. The third-order valence-electron chi connectivity index (χ3n) is 1.60. The Morgan fingerprint density at radius 1 is 1.40 bits per heavy atom. The first kappa shape index (κ1) is 11.7. The lowest BCUT2D eigenvalue weighted by molar-refractivity contribution is 0.595. The van der Waals surface area contributed by atoms with E-state index in [4.69, 9.17) is 10.9 Å². The standard InChI is InChI=1S/C7H13N5O2S/c8-6-4-7(12-5-11-6)10-2-1-3-15(9,13)14/h4-5H,1-3H2,(H2,9,13,14)(H3,8,10,11,12). The number of rotatable bonds is 5. The zero-order valence-electron chi connectivity index (χ0n) is 8.05. The minimum absolute atomic E-state index is 0.0550. The molecule has 0 radical (unpaired) electrons. The van der Waals surface area contributed by atoms with Gasteiger partial charge in [-0.2, -0.15) is 0 Å². The first-order valence-corrected chi connectivity index (χ1v) is 6.01. The van der Waals surface area contributed by atoms with E-state index in [2.05, 4.69) is 15.3 Å². The summed E-state index contributed by atoms with van der Waals surface area (Å²) in [7, 11) is -3.38. The molecular formula is C7H13N5O2S. The molecule has 7 nitrogen and oxygen atoms in total. The molecule has 1 heterocycles. The Morgan fingerprint density at radius 3 is 2.73 bits per heavy atom. The number of sulfonamides is 1. The molecule has 0 aromatic carbocycles. The third-order valence-corrected chi connectivity index (χ3v) is 2.46. The quantitative estimate of drug-likeness (QED) is 0.567. The Kier molecular flexibility index (Phi) is 3.81. The number of primary sulfonamides is 1. The molecule has 1 aromatic heterocycles. The maximum Gasteiger partial charge on any atom is 0.209 e. The van der Waals surface area contributed by atoms with E-state index in [-0.39, 0.29) is 5.75 Å². The second kappa shape index (κ2) is 4.89. The van der Waals surface area contributed by atoms with Crippen LogP contribution in [0.5, 0.6) is 0 Å². The molecule has 8 heteroatoms. The number of nitrogen functional groups attached to an aromatic ring is 1. The molecule has 0 amide bonds. The minimum Gasteiger partial charge on any atom is -0.384 e. The summed E-state index contributed by atoms with van der Waals surface area (Å²) in [5, 5.41) is 7.74. The van der Waals surface area contributed by atoms with E-state index in [1.54, 1.807) is 6.07 Å². The molecule has 15 heavy (non-hydrogen) atoms. The molecule has 0 aliphatic rings. The Hall–Kier alpha value is -1.41. The number of nitrogens with zero attached hydrogens (tertiary/aromatic N) is 2. The van der Waals surface area contributed by atoms with Crippen molar-refractivity contribution in [2.24, 2.45) is 5.14 Å². The Balaban J connectivity index is 2.32. The van der Waals surface area contributed by atoms with Crippen LogP contribution in [0, 0.1) is 0 Å². The van der Waals surface area contributed by atoms with Gasteiger partial charge in [0.05, 0.1) is 5.75 Å². The smallest absolute Gasteiger partial charge is 0.209 e. The average Bonchev–Trinajstić information content (AvgIpc) is 2.11. The summed E-state index contributed by atoms with van der Waals surface area (Å²) >= 11 is 0. The van der Waals surface area contributed by atoms with Crippen molar-refractivity contribution in [3.8, 4) is 0 Å². The second-order valence-corrected chi connectivity index (χ2v) is 4.71. The average molecular weight is 231 g/mol. The van der Waals surface area contributed by atoms with Crippen LogP contribution in [0.3, 0.4) is 0 Å². The highest BCUT2D eigenvalue weighted by molar-refractivity contribution is 7.89. The lowest BCUT2D eigenvalue weighted by atomic mass is 10.4. The molecule has 0 atom stereocenters. The number of hydrogen-bond donors (Lipinski definition) is 3. The molecule has 0 spiro atoms. The zero-order chi connectivity index (χ0) is 11.3. The molecule has 0 fully saturated rings. The fourth-order valence-corrected chi connectivity index (χ4v) is 1.51. The predicted molar refractivity (Wildman–Crippen MR) is 57.5 cm³/mol. The summed E-state index contributed by atoms with van der Waals surface area (Å²) in [6.45, 7) is 0.465. The van der Waals surface area contributed by atoms with E-state index in [0.717, 1.165) is 0 Å². The van der Waals surface area contributed by atoms with Crippen molar-refractivity contribution >= 4 is 21.7 Å². The van der Waals surface area contributed by atoms with Gasteiger partial charge in [0, 0.05) is 12.6 Å². The van der Waals surface area contributed by atoms with E-state index >= 15 is 0 Å². The van der Waals surface area contributed by atoms with Gasteiger partial charge in [0.2, 0.25) is 10.0 Å². The number of anilines is 2. The minimum atomic E-state index is -3.38.